The number of hydrogen-bond acceptors (Lipinski definition) is 2. The molecular weight excluding hydrogens is 437 g/mol. The summed E-state index contributed by atoms with van der Waals surface area (Å²) in [6, 6.07) is 10.8. The smallest absolute Gasteiger partial charge is 0.193 e. The van der Waals surface area contributed by atoms with Crippen molar-refractivity contribution in [3.63, 3.8) is 0 Å². The van der Waals surface area contributed by atoms with Crippen LogP contribution in [0, 0.1) is 26.7 Å². The highest BCUT2D eigenvalue weighted by molar-refractivity contribution is 14.0. The number of hydrogen-bond donors (Lipinski definition) is 1. The summed E-state index contributed by atoms with van der Waals surface area (Å²) >= 11 is 0. The van der Waals surface area contributed by atoms with Crippen LogP contribution in [-0.2, 0) is 13.1 Å². The van der Waals surface area contributed by atoms with Crippen molar-refractivity contribution in [2.75, 3.05) is 20.6 Å². The van der Waals surface area contributed by atoms with Gasteiger partial charge in [-0.05, 0) is 38.3 Å². The minimum absolute atomic E-state index is 0. The molecule has 1 heterocycles. The van der Waals surface area contributed by atoms with E-state index in [2.05, 4.69) is 83.1 Å². The van der Waals surface area contributed by atoms with E-state index >= 15 is 0 Å². The van der Waals surface area contributed by atoms with Crippen LogP contribution in [-0.4, -0.2) is 41.3 Å². The van der Waals surface area contributed by atoms with Gasteiger partial charge in [-0.3, -0.25) is 9.67 Å². The van der Waals surface area contributed by atoms with Gasteiger partial charge in [0.15, 0.2) is 5.96 Å². The Morgan fingerprint density at radius 2 is 1.88 bits per heavy atom. The van der Waals surface area contributed by atoms with E-state index in [-0.39, 0.29) is 24.0 Å². The van der Waals surface area contributed by atoms with E-state index in [0.717, 1.165) is 31.3 Å². The second kappa shape index (κ2) is 10.5. The number of nitrogens with one attached hydrogen (secondary N) is 1. The predicted octanol–water partition coefficient (Wildman–Crippen LogP) is 3.77. The van der Waals surface area contributed by atoms with Crippen LogP contribution in [0.2, 0.25) is 0 Å². The maximum atomic E-state index is 4.54. The second-order valence-corrected chi connectivity index (χ2v) is 6.98. The molecular formula is C20H32IN5. The molecule has 1 N–H and O–H groups in total. The van der Waals surface area contributed by atoms with Gasteiger partial charge in [0, 0.05) is 39.4 Å². The summed E-state index contributed by atoms with van der Waals surface area (Å²) in [6.45, 7) is 11.1. The molecule has 2 aromatic rings. The Balaban J connectivity index is 0.00000338. The molecule has 144 valence electrons. The molecule has 1 unspecified atom stereocenters. The first kappa shape index (κ1) is 22.5. The van der Waals surface area contributed by atoms with Crippen LogP contribution in [0.25, 0.3) is 0 Å². The summed E-state index contributed by atoms with van der Waals surface area (Å²) < 4.78 is 2.08. The molecule has 0 saturated carbocycles. The average Bonchev–Trinajstić information content (AvgIpc) is 2.87. The maximum absolute atomic E-state index is 4.54. The summed E-state index contributed by atoms with van der Waals surface area (Å²) in [5, 5.41) is 8.03. The summed E-state index contributed by atoms with van der Waals surface area (Å²) in [5.74, 6) is 1.38. The Kier molecular flexibility index (Phi) is 9.12. The lowest BCUT2D eigenvalue weighted by molar-refractivity contribution is 0.418. The first-order valence-corrected chi connectivity index (χ1v) is 8.87. The largest absolute Gasteiger partial charge is 0.356 e. The molecule has 0 amide bonds. The number of rotatable bonds is 6. The number of halogens is 1. The predicted molar refractivity (Wildman–Crippen MR) is 120 cm³/mol. The summed E-state index contributed by atoms with van der Waals surface area (Å²) in [7, 11) is 3.90. The van der Waals surface area contributed by atoms with Gasteiger partial charge >= 0.3 is 0 Å². The first-order chi connectivity index (χ1) is 11.9. The Hall–Kier alpha value is -1.57. The third-order valence-electron chi connectivity index (χ3n) is 4.31. The van der Waals surface area contributed by atoms with E-state index in [9.17, 15) is 0 Å². The lowest BCUT2D eigenvalue weighted by Crippen LogP contribution is -2.40. The van der Waals surface area contributed by atoms with Crippen LogP contribution in [0.3, 0.4) is 0 Å². The van der Waals surface area contributed by atoms with Crippen LogP contribution in [0.5, 0.6) is 0 Å². The Morgan fingerprint density at radius 3 is 2.42 bits per heavy atom. The van der Waals surface area contributed by atoms with Crippen molar-refractivity contribution >= 4 is 29.9 Å². The Labute approximate surface area is 174 Å². The fraction of sp³-hybridized carbons (Fsp3) is 0.500. The normalized spacial score (nSPS) is 12.5. The fourth-order valence-corrected chi connectivity index (χ4v) is 2.91. The molecule has 1 aromatic carbocycles. The second-order valence-electron chi connectivity index (χ2n) is 6.98. The quantitative estimate of drug-likeness (QED) is 0.398. The molecule has 0 aliphatic heterocycles. The molecule has 2 rings (SSSR count). The highest BCUT2D eigenvalue weighted by atomic mass is 127. The van der Waals surface area contributed by atoms with Gasteiger partial charge < -0.3 is 10.2 Å². The van der Waals surface area contributed by atoms with Gasteiger partial charge in [0.1, 0.15) is 0 Å². The molecule has 0 bridgehead atoms. The van der Waals surface area contributed by atoms with Gasteiger partial charge in [-0.25, -0.2) is 0 Å². The van der Waals surface area contributed by atoms with Crippen molar-refractivity contribution in [2.45, 2.75) is 40.8 Å². The van der Waals surface area contributed by atoms with E-state index in [0.29, 0.717) is 5.92 Å². The van der Waals surface area contributed by atoms with Gasteiger partial charge in [-0.1, -0.05) is 36.8 Å². The van der Waals surface area contributed by atoms with Gasteiger partial charge in [-0.15, -0.1) is 24.0 Å². The number of aryl methyl sites for hydroxylation is 3. The number of aliphatic imine (C=N–C) groups is 1. The average molecular weight is 469 g/mol. The summed E-state index contributed by atoms with van der Waals surface area (Å²) in [4.78, 5) is 6.56. The SMILES string of the molecule is CN=C(NCC(C)Cn1nc(C)cc1C)N(C)Cc1ccc(C)cc1.I. The van der Waals surface area contributed by atoms with Crippen molar-refractivity contribution in [3.8, 4) is 0 Å². The molecule has 0 fully saturated rings. The van der Waals surface area contributed by atoms with Crippen LogP contribution in [0.4, 0.5) is 0 Å². The van der Waals surface area contributed by atoms with Crippen LogP contribution >= 0.6 is 24.0 Å². The van der Waals surface area contributed by atoms with Crippen LogP contribution < -0.4 is 5.32 Å². The topological polar surface area (TPSA) is 45.5 Å². The van der Waals surface area contributed by atoms with E-state index < -0.39 is 0 Å². The zero-order valence-corrected chi connectivity index (χ0v) is 19.1. The third-order valence-corrected chi connectivity index (χ3v) is 4.31. The van der Waals surface area contributed by atoms with Gasteiger partial charge in [0.25, 0.3) is 0 Å². The van der Waals surface area contributed by atoms with Gasteiger partial charge in [-0.2, -0.15) is 5.10 Å². The van der Waals surface area contributed by atoms with E-state index in [1.54, 1.807) is 0 Å². The minimum atomic E-state index is 0. The molecule has 5 nitrogen and oxygen atoms in total. The molecule has 1 aromatic heterocycles. The Morgan fingerprint density at radius 1 is 1.23 bits per heavy atom. The standard InChI is InChI=1S/C20H31N5.HI/c1-15-7-9-19(10-8-15)14-24(6)20(21-5)22-12-16(2)13-25-18(4)11-17(3)23-25;/h7-11,16H,12-14H2,1-6H3,(H,21,22);1H. The summed E-state index contributed by atoms with van der Waals surface area (Å²) in [6.07, 6.45) is 0. The van der Waals surface area contributed by atoms with Crippen molar-refractivity contribution in [3.05, 3.63) is 52.8 Å². The first-order valence-electron chi connectivity index (χ1n) is 8.87. The van der Waals surface area contributed by atoms with Gasteiger partial charge in [0.2, 0.25) is 0 Å². The van der Waals surface area contributed by atoms with Crippen molar-refractivity contribution < 1.29 is 0 Å². The number of guanidine groups is 1. The zero-order chi connectivity index (χ0) is 18.4. The molecule has 0 aliphatic carbocycles. The fourth-order valence-electron chi connectivity index (χ4n) is 2.91. The van der Waals surface area contributed by atoms with E-state index in [1.165, 1.54) is 16.8 Å². The molecule has 0 radical (unpaired) electrons. The zero-order valence-electron chi connectivity index (χ0n) is 16.8. The number of nitrogens with zero attached hydrogens (tertiary/aromatic N) is 4. The minimum Gasteiger partial charge on any atom is -0.356 e. The lowest BCUT2D eigenvalue weighted by Gasteiger charge is -2.24. The van der Waals surface area contributed by atoms with Crippen LogP contribution in [0.15, 0.2) is 35.3 Å². The maximum Gasteiger partial charge on any atom is 0.193 e. The van der Waals surface area contributed by atoms with Crippen molar-refractivity contribution in [2.24, 2.45) is 10.9 Å². The lowest BCUT2D eigenvalue weighted by atomic mass is 10.1. The van der Waals surface area contributed by atoms with Gasteiger partial charge in [0.05, 0.1) is 5.69 Å². The molecule has 6 heteroatoms. The van der Waals surface area contributed by atoms with E-state index in [4.69, 9.17) is 0 Å². The van der Waals surface area contributed by atoms with Crippen molar-refractivity contribution in [1.82, 2.24) is 20.0 Å². The third kappa shape index (κ3) is 6.63. The van der Waals surface area contributed by atoms with E-state index in [1.807, 2.05) is 14.0 Å². The number of benzene rings is 1. The Bertz CT molecular complexity index is 705. The van der Waals surface area contributed by atoms with Crippen molar-refractivity contribution in [1.29, 1.82) is 0 Å². The number of aromatic nitrogens is 2. The molecule has 0 spiro atoms. The molecule has 1 atom stereocenters. The summed E-state index contributed by atoms with van der Waals surface area (Å²) in [5.41, 5.74) is 4.86. The molecule has 26 heavy (non-hydrogen) atoms. The molecule has 0 aliphatic rings. The highest BCUT2D eigenvalue weighted by Crippen LogP contribution is 2.08. The molecule has 0 saturated heterocycles. The van der Waals surface area contributed by atoms with Crippen LogP contribution in [0.1, 0.15) is 29.4 Å². The highest BCUT2D eigenvalue weighted by Gasteiger charge is 2.11. The monoisotopic (exact) mass is 469 g/mol.